The van der Waals surface area contributed by atoms with Gasteiger partial charge < -0.3 is 19.5 Å². The number of anilines is 3. The number of carbonyl (C=O) groups excluding carboxylic acids is 1. The lowest BCUT2D eigenvalue weighted by Crippen LogP contribution is -2.36. The van der Waals surface area contributed by atoms with Crippen molar-refractivity contribution >= 4 is 45.7 Å². The Bertz CT molecular complexity index is 1310. The number of ether oxygens (including phenoxy) is 1. The van der Waals surface area contributed by atoms with Crippen LogP contribution in [0.1, 0.15) is 59.4 Å². The van der Waals surface area contributed by atoms with Crippen molar-refractivity contribution in [3.05, 3.63) is 45.8 Å². The predicted octanol–water partition coefficient (Wildman–Crippen LogP) is 5.75. The molecular formula is C27H34ClN5O3. The molecule has 1 aliphatic heterocycles. The van der Waals surface area contributed by atoms with Crippen molar-refractivity contribution in [2.45, 2.75) is 59.4 Å². The van der Waals surface area contributed by atoms with Gasteiger partial charge in [-0.3, -0.25) is 9.59 Å². The maximum atomic E-state index is 13.1. The summed E-state index contributed by atoms with van der Waals surface area (Å²) in [6, 6.07) is 7.32. The molecule has 3 aromatic rings. The van der Waals surface area contributed by atoms with Gasteiger partial charge >= 0.3 is 0 Å². The number of aromatic nitrogens is 3. The van der Waals surface area contributed by atoms with E-state index in [-0.39, 0.29) is 29.7 Å². The van der Waals surface area contributed by atoms with Crippen LogP contribution in [-0.4, -0.2) is 40.0 Å². The summed E-state index contributed by atoms with van der Waals surface area (Å²) in [6.07, 6.45) is 5.51. The van der Waals surface area contributed by atoms with Crippen molar-refractivity contribution in [1.82, 2.24) is 14.5 Å². The maximum Gasteiger partial charge on any atom is 0.293 e. The molecule has 36 heavy (non-hydrogen) atoms. The Morgan fingerprint density at radius 1 is 1.28 bits per heavy atom. The zero-order valence-electron chi connectivity index (χ0n) is 21.4. The maximum absolute atomic E-state index is 13.1. The number of pyridine rings is 1. The van der Waals surface area contributed by atoms with Gasteiger partial charge in [0.25, 0.3) is 5.56 Å². The van der Waals surface area contributed by atoms with Crippen molar-refractivity contribution in [3.8, 4) is 5.75 Å². The summed E-state index contributed by atoms with van der Waals surface area (Å²) in [5, 5.41) is 4.55. The third-order valence-electron chi connectivity index (χ3n) is 6.68. The number of nitrogens with zero attached hydrogens (tertiary/aromatic N) is 4. The molecule has 8 nitrogen and oxygen atoms in total. The van der Waals surface area contributed by atoms with Gasteiger partial charge in [0.1, 0.15) is 11.6 Å². The van der Waals surface area contributed by atoms with Gasteiger partial charge in [0.2, 0.25) is 5.95 Å². The van der Waals surface area contributed by atoms with Crippen molar-refractivity contribution in [1.29, 1.82) is 0 Å². The molecule has 1 aromatic carbocycles. The van der Waals surface area contributed by atoms with E-state index >= 15 is 0 Å². The highest BCUT2D eigenvalue weighted by molar-refractivity contribution is 6.32. The molecule has 0 amide bonds. The van der Waals surface area contributed by atoms with Crippen LogP contribution in [0, 0.1) is 5.92 Å². The van der Waals surface area contributed by atoms with Gasteiger partial charge in [-0.2, -0.15) is 4.98 Å². The van der Waals surface area contributed by atoms with Crippen molar-refractivity contribution < 1.29 is 9.53 Å². The van der Waals surface area contributed by atoms with Crippen molar-refractivity contribution in [2.24, 2.45) is 5.92 Å². The van der Waals surface area contributed by atoms with E-state index in [0.29, 0.717) is 29.1 Å². The molecule has 0 radical (unpaired) electrons. The molecule has 2 aromatic heterocycles. The van der Waals surface area contributed by atoms with Crippen LogP contribution in [-0.2, 0) is 4.79 Å². The molecule has 1 aliphatic rings. The van der Waals surface area contributed by atoms with Gasteiger partial charge in [-0.15, -0.1) is 0 Å². The summed E-state index contributed by atoms with van der Waals surface area (Å²) in [4.78, 5) is 36.3. The molecule has 192 valence electrons. The number of carbonyl (C=O) groups is 1. The van der Waals surface area contributed by atoms with E-state index in [1.165, 1.54) is 6.42 Å². The summed E-state index contributed by atoms with van der Waals surface area (Å²) in [6.45, 7) is 9.64. The van der Waals surface area contributed by atoms with Crippen LogP contribution in [0.25, 0.3) is 10.9 Å². The molecule has 0 bridgehead atoms. The second-order valence-corrected chi connectivity index (χ2v) is 9.99. The van der Waals surface area contributed by atoms with E-state index in [4.69, 9.17) is 21.3 Å². The average Bonchev–Trinajstić information content (AvgIpc) is 2.88. The Labute approximate surface area is 216 Å². The van der Waals surface area contributed by atoms with Crippen LogP contribution in [0.15, 0.2) is 35.3 Å². The third kappa shape index (κ3) is 5.64. The second-order valence-electron chi connectivity index (χ2n) is 9.59. The topological polar surface area (TPSA) is 89.3 Å². The molecule has 3 heterocycles. The molecule has 9 heteroatoms. The first-order valence-electron chi connectivity index (χ1n) is 12.7. The van der Waals surface area contributed by atoms with E-state index < -0.39 is 0 Å². The second kappa shape index (κ2) is 11.3. The van der Waals surface area contributed by atoms with E-state index in [9.17, 15) is 9.59 Å². The number of piperidine rings is 1. The van der Waals surface area contributed by atoms with Crippen LogP contribution >= 0.6 is 11.6 Å². The molecule has 1 N–H and O–H groups in total. The Balaban J connectivity index is 1.66. The SMILES string of the molecule is CCC(=O)COc1cc2cc(Nc3nc(N4CCCC(CC)C4)ncc3Cl)ccc2n(C(C)C)c1=O. The number of ketones is 1. The van der Waals surface area contributed by atoms with Gasteiger partial charge in [-0.05, 0) is 56.9 Å². The molecule has 4 rings (SSSR count). The Morgan fingerprint density at radius 3 is 2.81 bits per heavy atom. The summed E-state index contributed by atoms with van der Waals surface area (Å²) >= 11 is 6.45. The highest BCUT2D eigenvalue weighted by Gasteiger charge is 2.21. The van der Waals surface area contributed by atoms with Crippen LogP contribution in [0.2, 0.25) is 5.02 Å². The summed E-state index contributed by atoms with van der Waals surface area (Å²) in [7, 11) is 0. The summed E-state index contributed by atoms with van der Waals surface area (Å²) < 4.78 is 7.30. The Morgan fingerprint density at radius 2 is 2.08 bits per heavy atom. The Kier molecular flexibility index (Phi) is 8.14. The lowest BCUT2D eigenvalue weighted by atomic mass is 9.96. The minimum atomic E-state index is -0.252. The number of halogens is 1. The van der Waals surface area contributed by atoms with Gasteiger partial charge in [0.15, 0.2) is 17.4 Å². The lowest BCUT2D eigenvalue weighted by Gasteiger charge is -2.32. The predicted molar refractivity (Wildman–Crippen MR) is 145 cm³/mol. The molecule has 1 atom stereocenters. The highest BCUT2D eigenvalue weighted by Crippen LogP contribution is 2.30. The van der Waals surface area contributed by atoms with Gasteiger partial charge in [-0.1, -0.05) is 31.9 Å². The molecule has 1 saturated heterocycles. The fourth-order valence-electron chi connectivity index (χ4n) is 4.59. The molecular weight excluding hydrogens is 478 g/mol. The number of hydrogen-bond acceptors (Lipinski definition) is 7. The van der Waals surface area contributed by atoms with Crippen LogP contribution < -0.4 is 20.5 Å². The minimum Gasteiger partial charge on any atom is -0.480 e. The van der Waals surface area contributed by atoms with Gasteiger partial charge in [0.05, 0.1) is 11.7 Å². The number of Topliss-reactive ketones (excluding diaryl/α,β-unsaturated/α-hetero) is 1. The zero-order chi connectivity index (χ0) is 25.8. The number of fused-ring (bicyclic) bond motifs is 1. The van der Waals surface area contributed by atoms with E-state index in [1.54, 1.807) is 23.8 Å². The lowest BCUT2D eigenvalue weighted by molar-refractivity contribution is -0.120. The fraction of sp³-hybridized carbons (Fsp3) is 0.481. The smallest absolute Gasteiger partial charge is 0.293 e. The fourth-order valence-corrected chi connectivity index (χ4v) is 4.73. The van der Waals surface area contributed by atoms with E-state index in [2.05, 4.69) is 22.1 Å². The van der Waals surface area contributed by atoms with Crippen LogP contribution in [0.3, 0.4) is 0 Å². The third-order valence-corrected chi connectivity index (χ3v) is 6.95. The molecule has 1 unspecified atom stereocenters. The first-order valence-corrected chi connectivity index (χ1v) is 13.1. The van der Waals surface area contributed by atoms with Crippen LogP contribution in [0.4, 0.5) is 17.5 Å². The zero-order valence-corrected chi connectivity index (χ0v) is 22.1. The van der Waals surface area contributed by atoms with E-state index in [0.717, 1.165) is 42.5 Å². The monoisotopic (exact) mass is 511 g/mol. The minimum absolute atomic E-state index is 0.0609. The van der Waals surface area contributed by atoms with Crippen molar-refractivity contribution in [2.75, 3.05) is 29.9 Å². The van der Waals surface area contributed by atoms with Crippen molar-refractivity contribution in [3.63, 3.8) is 0 Å². The Hall–Kier alpha value is -3.13. The molecule has 1 fully saturated rings. The largest absolute Gasteiger partial charge is 0.480 e. The number of hydrogen-bond donors (Lipinski definition) is 1. The number of nitrogens with one attached hydrogen (secondary N) is 1. The van der Waals surface area contributed by atoms with E-state index in [1.807, 2.05) is 32.0 Å². The molecule has 0 aliphatic carbocycles. The standard InChI is InChI=1S/C27H34ClN5O3/c1-5-18-8-7-11-32(15-18)27-29-14-22(28)25(31-27)30-20-9-10-23-19(12-20)13-24(36-16-21(34)6-2)26(35)33(23)17(3)4/h9-10,12-14,17-18H,5-8,11,15-16H2,1-4H3,(H,29,30,31). The van der Waals surface area contributed by atoms with Gasteiger partial charge in [0, 0.05) is 36.6 Å². The highest BCUT2D eigenvalue weighted by atomic mass is 35.5. The first kappa shape index (κ1) is 25.9. The quantitative estimate of drug-likeness (QED) is 0.391. The summed E-state index contributed by atoms with van der Waals surface area (Å²) in [5.74, 6) is 1.95. The van der Waals surface area contributed by atoms with Crippen LogP contribution in [0.5, 0.6) is 5.75 Å². The molecule has 0 spiro atoms. The number of benzene rings is 1. The average molecular weight is 512 g/mol. The number of rotatable bonds is 9. The normalized spacial score (nSPS) is 15.9. The van der Waals surface area contributed by atoms with Gasteiger partial charge in [-0.25, -0.2) is 4.98 Å². The first-order chi connectivity index (χ1) is 17.3. The molecule has 0 saturated carbocycles. The summed E-state index contributed by atoms with van der Waals surface area (Å²) in [5.41, 5.74) is 1.30.